The van der Waals surface area contributed by atoms with Gasteiger partial charge in [0.15, 0.2) is 0 Å². The van der Waals surface area contributed by atoms with E-state index in [0.29, 0.717) is 16.8 Å². The van der Waals surface area contributed by atoms with Gasteiger partial charge in [0.2, 0.25) is 0 Å². The fourth-order valence-electron chi connectivity index (χ4n) is 3.11. The number of rotatable bonds is 8. The van der Waals surface area contributed by atoms with Crippen molar-refractivity contribution < 1.29 is 5.11 Å². The van der Waals surface area contributed by atoms with Crippen LogP contribution in [0.15, 0.2) is 47.3 Å². The summed E-state index contributed by atoms with van der Waals surface area (Å²) in [5.74, 6) is 0.209. The van der Waals surface area contributed by atoms with Crippen LogP contribution < -0.4 is 10.9 Å². The maximum atomic E-state index is 12.0. The predicted molar refractivity (Wildman–Crippen MR) is 118 cm³/mol. The van der Waals surface area contributed by atoms with Crippen molar-refractivity contribution in [2.24, 2.45) is 0 Å². The van der Waals surface area contributed by atoms with Crippen LogP contribution in [0.3, 0.4) is 0 Å². The van der Waals surface area contributed by atoms with Gasteiger partial charge in [-0.1, -0.05) is 24.6 Å². The lowest BCUT2D eigenvalue weighted by Gasteiger charge is -2.12. The summed E-state index contributed by atoms with van der Waals surface area (Å²) < 4.78 is 0. The number of aromatic nitrogens is 2. The molecular formula is C21H27ClN4O2. The Balaban J connectivity index is 0.00000280. The fraction of sp³-hybridized carbons (Fsp3) is 0.333. The van der Waals surface area contributed by atoms with Gasteiger partial charge in [0.25, 0.3) is 5.56 Å². The van der Waals surface area contributed by atoms with Gasteiger partial charge in [0, 0.05) is 17.5 Å². The molecule has 0 radical (unpaired) electrons. The normalized spacial score (nSPS) is 10.8. The van der Waals surface area contributed by atoms with Crippen LogP contribution in [0.25, 0.3) is 22.0 Å². The maximum absolute atomic E-state index is 12.0. The third-order valence-corrected chi connectivity index (χ3v) is 4.56. The van der Waals surface area contributed by atoms with Crippen molar-refractivity contribution in [3.63, 3.8) is 0 Å². The molecule has 2 aromatic carbocycles. The number of halogens is 1. The van der Waals surface area contributed by atoms with Crippen molar-refractivity contribution in [1.82, 2.24) is 15.1 Å². The van der Waals surface area contributed by atoms with Gasteiger partial charge in [-0.05, 0) is 57.7 Å². The Morgan fingerprint density at radius 2 is 1.82 bits per heavy atom. The van der Waals surface area contributed by atoms with Gasteiger partial charge in [-0.15, -0.1) is 12.4 Å². The minimum atomic E-state index is -0.204. The molecule has 0 aliphatic rings. The first-order chi connectivity index (χ1) is 13.1. The Labute approximate surface area is 171 Å². The lowest BCUT2D eigenvalue weighted by Crippen LogP contribution is -2.13. The third-order valence-electron chi connectivity index (χ3n) is 4.56. The van der Waals surface area contributed by atoms with Gasteiger partial charge < -0.3 is 15.3 Å². The summed E-state index contributed by atoms with van der Waals surface area (Å²) >= 11 is 0. The molecule has 0 spiro atoms. The molecule has 7 heteroatoms. The van der Waals surface area contributed by atoms with Crippen LogP contribution >= 0.6 is 12.4 Å². The van der Waals surface area contributed by atoms with E-state index in [2.05, 4.69) is 34.5 Å². The maximum Gasteiger partial charge on any atom is 0.272 e. The van der Waals surface area contributed by atoms with Crippen LogP contribution in [0.4, 0.5) is 5.69 Å². The lowest BCUT2D eigenvalue weighted by atomic mass is 10.0. The molecule has 0 aliphatic carbocycles. The Kier molecular flexibility index (Phi) is 7.84. The molecule has 3 aromatic rings. The van der Waals surface area contributed by atoms with E-state index in [1.807, 2.05) is 30.3 Å². The third kappa shape index (κ3) is 5.24. The number of anilines is 1. The monoisotopic (exact) mass is 402 g/mol. The Morgan fingerprint density at radius 3 is 2.57 bits per heavy atom. The van der Waals surface area contributed by atoms with Crippen LogP contribution in [0.1, 0.15) is 19.3 Å². The van der Waals surface area contributed by atoms with Gasteiger partial charge in [0.1, 0.15) is 5.75 Å². The smallest absolute Gasteiger partial charge is 0.272 e. The minimum absolute atomic E-state index is 0. The number of phenols is 1. The van der Waals surface area contributed by atoms with Crippen molar-refractivity contribution in [2.75, 3.05) is 32.5 Å². The van der Waals surface area contributed by atoms with Crippen molar-refractivity contribution >= 4 is 28.9 Å². The number of benzene rings is 2. The van der Waals surface area contributed by atoms with E-state index >= 15 is 0 Å². The summed E-state index contributed by atoms with van der Waals surface area (Å²) in [5, 5.41) is 21.7. The van der Waals surface area contributed by atoms with Crippen LogP contribution in [-0.4, -0.2) is 47.4 Å². The molecule has 0 amide bonds. The zero-order valence-corrected chi connectivity index (χ0v) is 17.1. The van der Waals surface area contributed by atoms with Crippen LogP contribution in [0, 0.1) is 0 Å². The van der Waals surface area contributed by atoms with E-state index in [1.165, 1.54) is 0 Å². The number of nitrogens with one attached hydrogen (secondary N) is 2. The van der Waals surface area contributed by atoms with Gasteiger partial charge >= 0.3 is 0 Å². The molecule has 0 saturated carbocycles. The highest BCUT2D eigenvalue weighted by Crippen LogP contribution is 2.31. The molecule has 0 atom stereocenters. The van der Waals surface area contributed by atoms with Crippen LogP contribution in [0.5, 0.6) is 5.75 Å². The summed E-state index contributed by atoms with van der Waals surface area (Å²) in [4.78, 5) is 14.2. The number of phenolic OH excluding ortho intramolecular Hbond substituents is 1. The van der Waals surface area contributed by atoms with E-state index < -0.39 is 0 Å². The molecule has 28 heavy (non-hydrogen) atoms. The average Bonchev–Trinajstić information content (AvgIpc) is 2.66. The largest absolute Gasteiger partial charge is 0.506 e. The molecule has 3 N–H and O–H groups in total. The molecule has 6 nitrogen and oxygen atoms in total. The Hall–Kier alpha value is -2.57. The van der Waals surface area contributed by atoms with Crippen molar-refractivity contribution in [2.45, 2.75) is 19.3 Å². The molecule has 0 bridgehead atoms. The Bertz CT molecular complexity index is 972. The average molecular weight is 403 g/mol. The van der Waals surface area contributed by atoms with E-state index in [0.717, 1.165) is 43.3 Å². The zero-order chi connectivity index (χ0) is 19.2. The number of hydrogen-bond acceptors (Lipinski definition) is 5. The molecule has 150 valence electrons. The molecule has 1 aromatic heterocycles. The molecule has 0 aliphatic heterocycles. The minimum Gasteiger partial charge on any atom is -0.506 e. The quantitative estimate of drug-likeness (QED) is 0.393. The van der Waals surface area contributed by atoms with E-state index in [9.17, 15) is 9.90 Å². The van der Waals surface area contributed by atoms with E-state index in [-0.39, 0.29) is 23.7 Å². The predicted octanol–water partition coefficient (Wildman–Crippen LogP) is 3.86. The first-order valence-electron chi connectivity index (χ1n) is 9.25. The SMILES string of the molecule is CN(C)CCCCCNc1cc(-c2n[nH]c(=O)c3ccccc23)ccc1O.Cl. The van der Waals surface area contributed by atoms with E-state index in [4.69, 9.17) is 0 Å². The second-order valence-corrected chi connectivity index (χ2v) is 6.97. The highest BCUT2D eigenvalue weighted by Gasteiger charge is 2.10. The first-order valence-corrected chi connectivity index (χ1v) is 9.25. The number of aromatic hydroxyl groups is 1. The first kappa shape index (κ1) is 21.7. The topological polar surface area (TPSA) is 81.2 Å². The number of nitrogens with zero attached hydrogens (tertiary/aromatic N) is 2. The number of fused-ring (bicyclic) bond motifs is 1. The van der Waals surface area contributed by atoms with Gasteiger partial charge in [-0.2, -0.15) is 5.10 Å². The number of H-pyrrole nitrogens is 1. The Morgan fingerprint density at radius 1 is 1.07 bits per heavy atom. The number of unbranched alkanes of at least 4 members (excludes halogenated alkanes) is 2. The standard InChI is InChI=1S/C21H26N4O2.ClH/c1-25(2)13-7-3-6-12-22-18-14-15(10-11-19(18)26)20-16-8-4-5-9-17(16)21(27)24-23-20;/h4-5,8-11,14,22,26H,3,6-7,12-13H2,1-2H3,(H,24,27);1H. The van der Waals surface area contributed by atoms with E-state index in [1.54, 1.807) is 12.1 Å². The molecule has 3 rings (SSSR count). The summed E-state index contributed by atoms with van der Waals surface area (Å²) in [6.07, 6.45) is 3.34. The van der Waals surface area contributed by atoms with Crippen molar-refractivity contribution in [3.05, 3.63) is 52.8 Å². The summed E-state index contributed by atoms with van der Waals surface area (Å²) in [6.45, 7) is 1.88. The van der Waals surface area contributed by atoms with Crippen LogP contribution in [0.2, 0.25) is 0 Å². The number of aromatic amines is 1. The molecular weight excluding hydrogens is 376 g/mol. The summed E-state index contributed by atoms with van der Waals surface area (Å²) in [6, 6.07) is 12.7. The van der Waals surface area contributed by atoms with Gasteiger partial charge in [-0.25, -0.2) is 5.10 Å². The highest BCUT2D eigenvalue weighted by molar-refractivity contribution is 5.94. The van der Waals surface area contributed by atoms with Gasteiger partial charge in [-0.3, -0.25) is 4.79 Å². The van der Waals surface area contributed by atoms with Crippen molar-refractivity contribution in [1.29, 1.82) is 0 Å². The zero-order valence-electron chi connectivity index (χ0n) is 16.2. The van der Waals surface area contributed by atoms with Gasteiger partial charge in [0.05, 0.1) is 16.8 Å². The second-order valence-electron chi connectivity index (χ2n) is 6.97. The highest BCUT2D eigenvalue weighted by atomic mass is 35.5. The van der Waals surface area contributed by atoms with Crippen molar-refractivity contribution in [3.8, 4) is 17.0 Å². The number of hydrogen-bond donors (Lipinski definition) is 3. The van der Waals surface area contributed by atoms with Crippen LogP contribution in [-0.2, 0) is 0 Å². The molecule has 0 fully saturated rings. The fourth-order valence-corrected chi connectivity index (χ4v) is 3.11. The summed E-state index contributed by atoms with van der Waals surface area (Å²) in [5.41, 5.74) is 2.01. The molecule has 1 heterocycles. The molecule has 0 saturated heterocycles. The molecule has 0 unspecified atom stereocenters. The lowest BCUT2D eigenvalue weighted by molar-refractivity contribution is 0.392. The summed E-state index contributed by atoms with van der Waals surface area (Å²) in [7, 11) is 4.16. The second kappa shape index (κ2) is 10.1.